The Balaban J connectivity index is 1.62. The van der Waals surface area contributed by atoms with Crippen LogP contribution in [0.1, 0.15) is 10.5 Å². The second-order valence-corrected chi connectivity index (χ2v) is 6.47. The smallest absolute Gasteiger partial charge is 0.353 e. The molecule has 0 spiro atoms. The largest absolute Gasteiger partial charge is 0.477 e. The van der Waals surface area contributed by atoms with Crippen molar-refractivity contribution in [1.29, 1.82) is 0 Å². The fraction of sp³-hybridized carbons (Fsp3) is 0.167. The summed E-state index contributed by atoms with van der Waals surface area (Å²) in [5, 5.41) is 10.8. The normalized spacial score (nSPS) is 25.0. The summed E-state index contributed by atoms with van der Waals surface area (Å²) in [6.07, 6.45) is 3.22. The summed E-state index contributed by atoms with van der Waals surface area (Å²) in [4.78, 5) is 40.1. The Hall–Kier alpha value is -2.00. The molecule has 3 aliphatic rings. The lowest BCUT2D eigenvalue weighted by Gasteiger charge is -2.36. The molecule has 7 nitrogen and oxygen atoms in total. The van der Waals surface area contributed by atoms with E-state index in [9.17, 15) is 14.4 Å². The van der Waals surface area contributed by atoms with Crippen LogP contribution in [-0.2, 0) is 9.59 Å². The van der Waals surface area contributed by atoms with Crippen molar-refractivity contribution >= 4 is 47.4 Å². The number of carboxylic acid groups (broad SMARTS) is 1. The van der Waals surface area contributed by atoms with E-state index in [2.05, 4.69) is 4.98 Å². The molecule has 4 rings (SSSR count). The number of carboxylic acids is 1. The molecule has 3 aliphatic heterocycles. The molecule has 0 aromatic carbocycles. The Kier molecular flexibility index (Phi) is 2.57. The standard InChI is InChI=1S/C12H7N3O4S2/c16-8-4-21-12-13-5(2-14(8)12)1-6-9(17)15-7(11(18)19)3-20-10(6)15/h1-3,10H,4H2,(H,18,19)/b6-1-/t10-/m1/s1. The summed E-state index contributed by atoms with van der Waals surface area (Å²) in [5.41, 5.74) is 1.05. The van der Waals surface area contributed by atoms with Gasteiger partial charge >= 0.3 is 5.97 Å². The van der Waals surface area contributed by atoms with E-state index in [1.165, 1.54) is 38.4 Å². The molecule has 1 aromatic rings. The van der Waals surface area contributed by atoms with Gasteiger partial charge in [0.1, 0.15) is 11.1 Å². The number of nitrogens with zero attached hydrogens (tertiary/aromatic N) is 3. The van der Waals surface area contributed by atoms with Gasteiger partial charge in [-0.05, 0) is 6.08 Å². The fourth-order valence-electron chi connectivity index (χ4n) is 2.35. The first-order valence-electron chi connectivity index (χ1n) is 5.96. The molecule has 1 saturated heterocycles. The van der Waals surface area contributed by atoms with E-state index in [4.69, 9.17) is 5.11 Å². The second kappa shape index (κ2) is 4.25. The van der Waals surface area contributed by atoms with Gasteiger partial charge in [0.05, 0.1) is 17.0 Å². The molecule has 0 bridgehead atoms. The molecule has 1 amide bonds. The number of imidazole rings is 1. The monoisotopic (exact) mass is 321 g/mol. The number of thioether (sulfide) groups is 2. The van der Waals surface area contributed by atoms with Gasteiger partial charge in [-0.3, -0.25) is 19.1 Å². The summed E-state index contributed by atoms with van der Waals surface area (Å²) in [6, 6.07) is 0. The number of carbonyl (C=O) groups is 3. The first kappa shape index (κ1) is 12.7. The summed E-state index contributed by atoms with van der Waals surface area (Å²) >= 11 is 2.64. The number of hydrogen-bond donors (Lipinski definition) is 1. The molecule has 0 aliphatic carbocycles. The van der Waals surface area contributed by atoms with E-state index < -0.39 is 5.97 Å². The lowest BCUT2D eigenvalue weighted by Crippen LogP contribution is -2.51. The zero-order chi connectivity index (χ0) is 14.7. The number of hydrogen-bond acceptors (Lipinski definition) is 6. The minimum Gasteiger partial charge on any atom is -0.477 e. The number of aliphatic carboxylic acids is 1. The molecule has 9 heteroatoms. The SMILES string of the molecule is O=C(O)C1=CS[C@@H]2/C(=C\c3cn4c(n3)SCC4=O)C(=O)N12. The van der Waals surface area contributed by atoms with E-state index in [-0.39, 0.29) is 22.9 Å². The predicted octanol–water partition coefficient (Wildman–Crippen LogP) is 0.853. The van der Waals surface area contributed by atoms with Crippen molar-refractivity contribution in [3.05, 3.63) is 28.6 Å². The van der Waals surface area contributed by atoms with E-state index >= 15 is 0 Å². The molecule has 1 atom stereocenters. The molecule has 0 saturated carbocycles. The van der Waals surface area contributed by atoms with Crippen molar-refractivity contribution < 1.29 is 19.5 Å². The van der Waals surface area contributed by atoms with Gasteiger partial charge in [-0.2, -0.15) is 0 Å². The van der Waals surface area contributed by atoms with Crippen LogP contribution in [0.5, 0.6) is 0 Å². The minimum absolute atomic E-state index is 0.00483. The van der Waals surface area contributed by atoms with Crippen LogP contribution in [0.15, 0.2) is 28.0 Å². The molecular weight excluding hydrogens is 314 g/mol. The maximum absolute atomic E-state index is 12.0. The number of fused-ring (bicyclic) bond motifs is 2. The van der Waals surface area contributed by atoms with E-state index in [0.717, 1.165) is 0 Å². The lowest BCUT2D eigenvalue weighted by atomic mass is 10.0. The van der Waals surface area contributed by atoms with E-state index in [1.54, 1.807) is 12.3 Å². The highest BCUT2D eigenvalue weighted by atomic mass is 32.2. The van der Waals surface area contributed by atoms with Gasteiger partial charge in [0.25, 0.3) is 5.91 Å². The van der Waals surface area contributed by atoms with Crippen LogP contribution in [-0.4, -0.2) is 48.5 Å². The van der Waals surface area contributed by atoms with Crippen molar-refractivity contribution in [3.8, 4) is 0 Å². The highest BCUT2D eigenvalue weighted by Gasteiger charge is 2.49. The fourth-order valence-corrected chi connectivity index (χ4v) is 4.33. The van der Waals surface area contributed by atoms with Crippen molar-refractivity contribution in [2.24, 2.45) is 0 Å². The van der Waals surface area contributed by atoms with E-state index in [1.807, 2.05) is 0 Å². The van der Waals surface area contributed by atoms with Gasteiger partial charge in [0.2, 0.25) is 5.91 Å². The molecular formula is C12H7N3O4S2. The van der Waals surface area contributed by atoms with Crippen LogP contribution in [0.3, 0.4) is 0 Å². The minimum atomic E-state index is -1.11. The number of aromatic nitrogens is 2. The Labute approximate surface area is 126 Å². The molecule has 0 unspecified atom stereocenters. The Morgan fingerprint density at radius 2 is 2.29 bits per heavy atom. The average Bonchev–Trinajstić information content (AvgIpc) is 3.10. The third-order valence-electron chi connectivity index (χ3n) is 3.34. The Bertz CT molecular complexity index is 779. The van der Waals surface area contributed by atoms with Gasteiger partial charge in [0.15, 0.2) is 5.16 Å². The highest BCUT2D eigenvalue weighted by molar-refractivity contribution is 8.03. The second-order valence-electron chi connectivity index (χ2n) is 4.57. The molecule has 0 radical (unpaired) electrons. The zero-order valence-corrected chi connectivity index (χ0v) is 12.0. The summed E-state index contributed by atoms with van der Waals surface area (Å²) in [6.45, 7) is 0. The maximum atomic E-state index is 12.0. The molecule has 106 valence electrons. The topological polar surface area (TPSA) is 92.5 Å². The first-order valence-corrected chi connectivity index (χ1v) is 7.88. The third-order valence-corrected chi connectivity index (χ3v) is 5.36. The summed E-state index contributed by atoms with van der Waals surface area (Å²) in [5.74, 6) is -1.08. The van der Waals surface area contributed by atoms with Crippen molar-refractivity contribution in [2.45, 2.75) is 10.5 Å². The van der Waals surface area contributed by atoms with Crippen molar-refractivity contribution in [2.75, 3.05) is 5.75 Å². The Morgan fingerprint density at radius 3 is 3.00 bits per heavy atom. The molecule has 4 heterocycles. The van der Waals surface area contributed by atoms with Gasteiger partial charge < -0.3 is 5.11 Å². The highest BCUT2D eigenvalue weighted by Crippen LogP contribution is 2.45. The molecule has 1 fully saturated rings. The molecule has 1 aromatic heterocycles. The van der Waals surface area contributed by atoms with Crippen molar-refractivity contribution in [3.63, 3.8) is 0 Å². The quantitative estimate of drug-likeness (QED) is 0.637. The maximum Gasteiger partial charge on any atom is 0.353 e. The lowest BCUT2D eigenvalue weighted by molar-refractivity contribution is -0.141. The third kappa shape index (κ3) is 1.70. The number of amides is 1. The molecule has 21 heavy (non-hydrogen) atoms. The van der Waals surface area contributed by atoms with Crippen LogP contribution in [0.25, 0.3) is 6.08 Å². The molecule has 1 N–H and O–H groups in total. The van der Waals surface area contributed by atoms with E-state index in [0.29, 0.717) is 22.2 Å². The van der Waals surface area contributed by atoms with Gasteiger partial charge in [-0.25, -0.2) is 9.78 Å². The van der Waals surface area contributed by atoms with Crippen LogP contribution < -0.4 is 0 Å². The first-order chi connectivity index (χ1) is 10.1. The zero-order valence-electron chi connectivity index (χ0n) is 10.3. The average molecular weight is 321 g/mol. The van der Waals surface area contributed by atoms with Gasteiger partial charge in [-0.1, -0.05) is 11.8 Å². The van der Waals surface area contributed by atoms with Gasteiger partial charge in [0, 0.05) is 11.6 Å². The number of carbonyl (C=O) groups excluding carboxylic acids is 2. The predicted molar refractivity (Wildman–Crippen MR) is 75.5 cm³/mol. The number of rotatable bonds is 2. The van der Waals surface area contributed by atoms with Crippen LogP contribution in [0.2, 0.25) is 0 Å². The summed E-state index contributed by atoms with van der Waals surface area (Å²) in [7, 11) is 0. The van der Waals surface area contributed by atoms with Crippen LogP contribution in [0.4, 0.5) is 0 Å². The number of β-lactam (4-membered cyclic amide) rings is 1. The van der Waals surface area contributed by atoms with Crippen molar-refractivity contribution in [1.82, 2.24) is 14.5 Å². The van der Waals surface area contributed by atoms with Crippen LogP contribution >= 0.6 is 23.5 Å². The van der Waals surface area contributed by atoms with Crippen LogP contribution in [0, 0.1) is 0 Å². The summed E-state index contributed by atoms with van der Waals surface area (Å²) < 4.78 is 1.47. The van der Waals surface area contributed by atoms with Gasteiger partial charge in [-0.15, -0.1) is 11.8 Å². The Morgan fingerprint density at radius 1 is 1.48 bits per heavy atom.